The quantitative estimate of drug-likeness (QED) is 0.857. The molecule has 0 unspecified atom stereocenters. The summed E-state index contributed by atoms with van der Waals surface area (Å²) in [7, 11) is 0. The minimum Gasteiger partial charge on any atom is -0.330 e. The third kappa shape index (κ3) is 2.64. The molecule has 15 heavy (non-hydrogen) atoms. The van der Waals surface area contributed by atoms with E-state index in [9.17, 15) is 0 Å². The van der Waals surface area contributed by atoms with Crippen LogP contribution in [0.2, 0.25) is 0 Å². The van der Waals surface area contributed by atoms with Crippen LogP contribution in [0.15, 0.2) is 36.5 Å². The average molecular weight is 218 g/mol. The van der Waals surface area contributed by atoms with Crippen molar-refractivity contribution >= 4 is 11.3 Å². The Morgan fingerprint density at radius 3 is 2.87 bits per heavy atom. The fourth-order valence-electron chi connectivity index (χ4n) is 1.43. The van der Waals surface area contributed by atoms with Crippen LogP contribution >= 0.6 is 11.3 Å². The molecular weight excluding hydrogens is 204 g/mol. The maximum absolute atomic E-state index is 5.49. The number of pyridine rings is 1. The van der Waals surface area contributed by atoms with Gasteiger partial charge in [-0.2, -0.15) is 0 Å². The van der Waals surface area contributed by atoms with E-state index in [-0.39, 0.29) is 0 Å². The molecule has 78 valence electrons. The molecular formula is C12H14N2S. The van der Waals surface area contributed by atoms with Crippen LogP contribution in [0.25, 0.3) is 10.6 Å². The molecule has 0 fully saturated rings. The van der Waals surface area contributed by atoms with E-state index < -0.39 is 0 Å². The van der Waals surface area contributed by atoms with E-state index in [1.807, 2.05) is 35.7 Å². The Morgan fingerprint density at radius 2 is 2.13 bits per heavy atom. The summed E-state index contributed by atoms with van der Waals surface area (Å²) in [5, 5.41) is 0. The molecule has 2 heterocycles. The van der Waals surface area contributed by atoms with Crippen LogP contribution in [0.3, 0.4) is 0 Å². The van der Waals surface area contributed by atoms with Gasteiger partial charge in [-0.05, 0) is 43.7 Å². The predicted molar refractivity (Wildman–Crippen MR) is 64.9 cm³/mol. The SMILES string of the molecule is NCCCc1ccc(-c2ccccn2)s1. The zero-order chi connectivity index (χ0) is 10.5. The first-order chi connectivity index (χ1) is 7.40. The lowest BCUT2D eigenvalue weighted by Crippen LogP contribution is -1.99. The van der Waals surface area contributed by atoms with E-state index >= 15 is 0 Å². The fraction of sp³-hybridized carbons (Fsp3) is 0.250. The molecule has 0 bridgehead atoms. The monoisotopic (exact) mass is 218 g/mol. The average Bonchev–Trinajstić information content (AvgIpc) is 2.76. The standard InChI is InChI=1S/C12H14N2S/c13-8-3-4-10-6-7-12(15-10)11-5-1-2-9-14-11/h1-2,5-7,9H,3-4,8,13H2. The smallest absolute Gasteiger partial charge is 0.0801 e. The lowest BCUT2D eigenvalue weighted by molar-refractivity contribution is 0.843. The third-order valence-corrected chi connectivity index (χ3v) is 3.37. The van der Waals surface area contributed by atoms with Gasteiger partial charge in [-0.15, -0.1) is 11.3 Å². The number of nitrogens with two attached hydrogens (primary N) is 1. The summed E-state index contributed by atoms with van der Waals surface area (Å²) in [6, 6.07) is 10.3. The van der Waals surface area contributed by atoms with E-state index in [0.29, 0.717) is 0 Å². The molecule has 0 spiro atoms. The second kappa shape index (κ2) is 5.05. The zero-order valence-electron chi connectivity index (χ0n) is 8.52. The number of aryl methyl sites for hydroxylation is 1. The van der Waals surface area contributed by atoms with Crippen LogP contribution in [0.1, 0.15) is 11.3 Å². The number of nitrogens with zero attached hydrogens (tertiary/aromatic N) is 1. The first kappa shape index (κ1) is 10.3. The highest BCUT2D eigenvalue weighted by Crippen LogP contribution is 2.26. The summed E-state index contributed by atoms with van der Waals surface area (Å²) >= 11 is 1.81. The number of hydrogen-bond acceptors (Lipinski definition) is 3. The van der Waals surface area contributed by atoms with E-state index in [1.165, 1.54) is 9.75 Å². The topological polar surface area (TPSA) is 38.9 Å². The Balaban J connectivity index is 2.14. The minimum atomic E-state index is 0.761. The molecule has 0 saturated heterocycles. The maximum atomic E-state index is 5.49. The van der Waals surface area contributed by atoms with Crippen molar-refractivity contribution in [1.82, 2.24) is 4.98 Å². The van der Waals surface area contributed by atoms with Crippen molar-refractivity contribution in [3.63, 3.8) is 0 Å². The van der Waals surface area contributed by atoms with E-state index in [2.05, 4.69) is 17.1 Å². The maximum Gasteiger partial charge on any atom is 0.0801 e. The highest BCUT2D eigenvalue weighted by molar-refractivity contribution is 7.15. The number of rotatable bonds is 4. The Labute approximate surface area is 93.8 Å². The highest BCUT2D eigenvalue weighted by Gasteiger charge is 2.02. The lowest BCUT2D eigenvalue weighted by atomic mass is 10.2. The van der Waals surface area contributed by atoms with Gasteiger partial charge in [0.15, 0.2) is 0 Å². The largest absolute Gasteiger partial charge is 0.330 e. The van der Waals surface area contributed by atoms with Crippen LogP contribution in [0, 0.1) is 0 Å². The van der Waals surface area contributed by atoms with E-state index in [0.717, 1.165) is 25.1 Å². The number of aromatic nitrogens is 1. The molecule has 2 aromatic heterocycles. The first-order valence-electron chi connectivity index (χ1n) is 5.10. The van der Waals surface area contributed by atoms with Gasteiger partial charge >= 0.3 is 0 Å². The van der Waals surface area contributed by atoms with Gasteiger partial charge < -0.3 is 5.73 Å². The van der Waals surface area contributed by atoms with Gasteiger partial charge in [-0.1, -0.05) is 6.07 Å². The van der Waals surface area contributed by atoms with Crippen LogP contribution in [-0.4, -0.2) is 11.5 Å². The van der Waals surface area contributed by atoms with Crippen molar-refractivity contribution in [2.45, 2.75) is 12.8 Å². The van der Waals surface area contributed by atoms with Crippen LogP contribution < -0.4 is 5.73 Å². The predicted octanol–water partition coefficient (Wildman–Crippen LogP) is 2.70. The minimum absolute atomic E-state index is 0.761. The second-order valence-electron chi connectivity index (χ2n) is 3.37. The van der Waals surface area contributed by atoms with Crippen LogP contribution in [-0.2, 0) is 6.42 Å². The molecule has 0 aliphatic heterocycles. The molecule has 2 aromatic rings. The summed E-state index contributed by atoms with van der Waals surface area (Å²) < 4.78 is 0. The highest BCUT2D eigenvalue weighted by atomic mass is 32.1. The van der Waals surface area contributed by atoms with Gasteiger partial charge in [0.25, 0.3) is 0 Å². The Bertz CT molecular complexity index is 409. The summed E-state index contributed by atoms with van der Waals surface area (Å²) in [5.74, 6) is 0. The van der Waals surface area contributed by atoms with Gasteiger partial charge in [0.2, 0.25) is 0 Å². The first-order valence-corrected chi connectivity index (χ1v) is 5.92. The van der Waals surface area contributed by atoms with Crippen molar-refractivity contribution in [2.24, 2.45) is 5.73 Å². The molecule has 0 aromatic carbocycles. The van der Waals surface area contributed by atoms with E-state index in [1.54, 1.807) is 0 Å². The normalized spacial score (nSPS) is 10.5. The summed E-state index contributed by atoms with van der Waals surface area (Å²) in [6.07, 6.45) is 3.96. The lowest BCUT2D eigenvalue weighted by Gasteiger charge is -1.95. The van der Waals surface area contributed by atoms with Crippen molar-refractivity contribution in [2.75, 3.05) is 6.54 Å². The number of thiophene rings is 1. The number of hydrogen-bond donors (Lipinski definition) is 1. The third-order valence-electron chi connectivity index (χ3n) is 2.21. The molecule has 2 nitrogen and oxygen atoms in total. The van der Waals surface area contributed by atoms with Crippen molar-refractivity contribution in [3.8, 4) is 10.6 Å². The van der Waals surface area contributed by atoms with Crippen LogP contribution in [0.4, 0.5) is 0 Å². The van der Waals surface area contributed by atoms with Gasteiger partial charge in [0.1, 0.15) is 0 Å². The molecule has 0 atom stereocenters. The molecule has 0 aliphatic carbocycles. The van der Waals surface area contributed by atoms with Gasteiger partial charge in [0.05, 0.1) is 10.6 Å². The molecule has 0 saturated carbocycles. The summed E-state index contributed by atoms with van der Waals surface area (Å²) in [4.78, 5) is 6.96. The van der Waals surface area contributed by atoms with Gasteiger partial charge in [-0.25, -0.2) is 0 Å². The summed E-state index contributed by atoms with van der Waals surface area (Å²) in [6.45, 7) is 0.761. The van der Waals surface area contributed by atoms with E-state index in [4.69, 9.17) is 5.73 Å². The molecule has 3 heteroatoms. The van der Waals surface area contributed by atoms with Crippen molar-refractivity contribution in [3.05, 3.63) is 41.4 Å². The van der Waals surface area contributed by atoms with Crippen molar-refractivity contribution in [1.29, 1.82) is 0 Å². The molecule has 2 N–H and O–H groups in total. The zero-order valence-corrected chi connectivity index (χ0v) is 9.33. The summed E-state index contributed by atoms with van der Waals surface area (Å²) in [5.41, 5.74) is 6.54. The fourth-order valence-corrected chi connectivity index (χ4v) is 2.46. The Kier molecular flexibility index (Phi) is 3.48. The van der Waals surface area contributed by atoms with Gasteiger partial charge in [0, 0.05) is 11.1 Å². The molecule has 2 rings (SSSR count). The second-order valence-corrected chi connectivity index (χ2v) is 4.54. The molecule has 0 radical (unpaired) electrons. The molecule has 0 amide bonds. The van der Waals surface area contributed by atoms with Gasteiger partial charge in [-0.3, -0.25) is 4.98 Å². The van der Waals surface area contributed by atoms with Crippen LogP contribution in [0.5, 0.6) is 0 Å². The Morgan fingerprint density at radius 1 is 1.20 bits per heavy atom. The molecule has 0 aliphatic rings. The van der Waals surface area contributed by atoms with Crippen molar-refractivity contribution < 1.29 is 0 Å². The Hall–Kier alpha value is -1.19.